The van der Waals surface area contributed by atoms with Crippen molar-refractivity contribution in [1.29, 1.82) is 0 Å². The number of aromatic nitrogens is 1. The van der Waals surface area contributed by atoms with Crippen molar-refractivity contribution >= 4 is 17.9 Å². The lowest BCUT2D eigenvalue weighted by atomic mass is 10.1. The highest BCUT2D eigenvalue weighted by Crippen LogP contribution is 2.31. The predicted molar refractivity (Wildman–Crippen MR) is 117 cm³/mol. The van der Waals surface area contributed by atoms with Crippen molar-refractivity contribution in [2.75, 3.05) is 14.2 Å². The van der Waals surface area contributed by atoms with E-state index in [9.17, 15) is 4.79 Å². The number of nitrogens with zero attached hydrogens (tertiary/aromatic N) is 2. The molecule has 4 rings (SSSR count). The fraction of sp³-hybridized carbons (Fsp3) is 0.208. The van der Waals surface area contributed by atoms with Gasteiger partial charge in [-0.05, 0) is 55.8 Å². The summed E-state index contributed by atoms with van der Waals surface area (Å²) in [6, 6.07) is 12.5. The predicted octanol–water partition coefficient (Wildman–Crippen LogP) is 4.23. The molecule has 0 saturated heterocycles. The Morgan fingerprint density at radius 2 is 1.88 bits per heavy atom. The highest BCUT2D eigenvalue weighted by Gasteiger charge is 2.24. The standard InChI is InChI=1S/C24H22N2O6/c1-14-19(15(2)32-26-14)13-30-21-9-8-16(11-22(21)29-4)10-20-24(27)31-23(25-20)17-6-5-7-18(12-17)28-3/h5-12H,13H2,1-4H3/b20-10+. The average Bonchev–Trinajstić information content (AvgIpc) is 3.34. The van der Waals surface area contributed by atoms with Gasteiger partial charge in [-0.1, -0.05) is 17.3 Å². The van der Waals surface area contributed by atoms with Crippen LogP contribution in [0.4, 0.5) is 0 Å². The molecule has 1 aliphatic rings. The number of ether oxygens (including phenoxy) is 4. The number of aliphatic imine (C=N–C) groups is 1. The van der Waals surface area contributed by atoms with Gasteiger partial charge in [0.1, 0.15) is 18.1 Å². The van der Waals surface area contributed by atoms with Gasteiger partial charge < -0.3 is 23.5 Å². The molecule has 0 atom stereocenters. The first-order chi connectivity index (χ1) is 15.5. The first-order valence-electron chi connectivity index (χ1n) is 9.88. The zero-order chi connectivity index (χ0) is 22.7. The van der Waals surface area contributed by atoms with E-state index in [2.05, 4.69) is 10.1 Å². The fourth-order valence-corrected chi connectivity index (χ4v) is 3.20. The van der Waals surface area contributed by atoms with Crippen LogP contribution in [0, 0.1) is 13.8 Å². The Morgan fingerprint density at radius 1 is 1.03 bits per heavy atom. The molecule has 8 nitrogen and oxygen atoms in total. The molecule has 0 saturated carbocycles. The SMILES string of the molecule is COc1cccc(C2=N/C(=C/c3ccc(OCc4c(C)noc4C)c(OC)c3)C(=O)O2)c1. The maximum Gasteiger partial charge on any atom is 0.363 e. The quantitative estimate of drug-likeness (QED) is 0.406. The Morgan fingerprint density at radius 3 is 2.59 bits per heavy atom. The topological polar surface area (TPSA) is 92.4 Å². The minimum absolute atomic E-state index is 0.189. The van der Waals surface area contributed by atoms with E-state index in [-0.39, 0.29) is 11.6 Å². The van der Waals surface area contributed by atoms with Crippen molar-refractivity contribution in [3.8, 4) is 17.2 Å². The largest absolute Gasteiger partial charge is 0.497 e. The number of aryl methyl sites for hydroxylation is 2. The molecule has 1 aromatic heterocycles. The molecular formula is C24H22N2O6. The van der Waals surface area contributed by atoms with Crippen LogP contribution in [0.25, 0.3) is 6.08 Å². The summed E-state index contributed by atoms with van der Waals surface area (Å²) < 4.78 is 27.1. The van der Waals surface area contributed by atoms with Gasteiger partial charge in [0.05, 0.1) is 25.5 Å². The zero-order valence-electron chi connectivity index (χ0n) is 18.2. The summed E-state index contributed by atoms with van der Waals surface area (Å²) in [6.07, 6.45) is 1.64. The third kappa shape index (κ3) is 4.34. The smallest absolute Gasteiger partial charge is 0.363 e. The Bertz CT molecular complexity index is 1210. The number of cyclic esters (lactones) is 1. The molecule has 0 radical (unpaired) electrons. The van der Waals surface area contributed by atoms with Gasteiger partial charge in [0, 0.05) is 5.56 Å². The van der Waals surface area contributed by atoms with Crippen LogP contribution in [0.2, 0.25) is 0 Å². The Labute approximate surface area is 185 Å². The molecule has 0 spiro atoms. The Balaban J connectivity index is 1.55. The van der Waals surface area contributed by atoms with Crippen LogP contribution in [0.1, 0.15) is 28.1 Å². The first-order valence-corrected chi connectivity index (χ1v) is 9.88. The highest BCUT2D eigenvalue weighted by atomic mass is 16.6. The van der Waals surface area contributed by atoms with Gasteiger partial charge in [0.2, 0.25) is 5.90 Å². The van der Waals surface area contributed by atoms with Gasteiger partial charge in [0.25, 0.3) is 0 Å². The van der Waals surface area contributed by atoms with E-state index in [1.165, 1.54) is 0 Å². The number of hydrogen-bond donors (Lipinski definition) is 0. The summed E-state index contributed by atoms with van der Waals surface area (Å²) in [5.74, 6) is 2.15. The Kier molecular flexibility index (Phi) is 5.93. The first kappa shape index (κ1) is 21.2. The molecule has 0 aliphatic carbocycles. The van der Waals surface area contributed by atoms with Crippen LogP contribution >= 0.6 is 0 Å². The number of rotatable bonds is 7. The van der Waals surface area contributed by atoms with Gasteiger partial charge in [-0.3, -0.25) is 0 Å². The lowest BCUT2D eigenvalue weighted by Crippen LogP contribution is -2.05. The molecule has 2 aromatic carbocycles. The van der Waals surface area contributed by atoms with Crippen LogP contribution < -0.4 is 14.2 Å². The molecule has 32 heavy (non-hydrogen) atoms. The lowest BCUT2D eigenvalue weighted by molar-refractivity contribution is -0.129. The molecule has 8 heteroatoms. The molecule has 0 bridgehead atoms. The molecule has 0 amide bonds. The van der Waals surface area contributed by atoms with Crippen molar-refractivity contribution in [1.82, 2.24) is 5.16 Å². The number of carbonyl (C=O) groups is 1. The highest BCUT2D eigenvalue weighted by molar-refractivity contribution is 6.13. The average molecular weight is 434 g/mol. The van der Waals surface area contributed by atoms with Crippen LogP contribution in [0.5, 0.6) is 17.2 Å². The molecule has 2 heterocycles. The van der Waals surface area contributed by atoms with Gasteiger partial charge in [-0.25, -0.2) is 9.79 Å². The minimum Gasteiger partial charge on any atom is -0.497 e. The number of benzene rings is 2. The number of methoxy groups -OCH3 is 2. The van der Waals surface area contributed by atoms with Crippen molar-refractivity contribution in [2.24, 2.45) is 4.99 Å². The summed E-state index contributed by atoms with van der Waals surface area (Å²) in [4.78, 5) is 16.7. The van der Waals surface area contributed by atoms with Crippen molar-refractivity contribution in [3.05, 3.63) is 76.3 Å². The molecular weight excluding hydrogens is 412 g/mol. The monoisotopic (exact) mass is 434 g/mol. The molecule has 0 unspecified atom stereocenters. The summed E-state index contributed by atoms with van der Waals surface area (Å²) in [5.41, 5.74) is 3.24. The van der Waals surface area contributed by atoms with E-state index in [1.807, 2.05) is 19.9 Å². The second-order valence-electron chi connectivity index (χ2n) is 7.07. The van der Waals surface area contributed by atoms with Crippen molar-refractivity contribution in [2.45, 2.75) is 20.5 Å². The fourth-order valence-electron chi connectivity index (χ4n) is 3.20. The summed E-state index contributed by atoms with van der Waals surface area (Å²) in [7, 11) is 3.12. The maximum atomic E-state index is 12.3. The van der Waals surface area contributed by atoms with Crippen molar-refractivity contribution in [3.63, 3.8) is 0 Å². The normalized spacial score (nSPS) is 14.3. The molecule has 3 aromatic rings. The van der Waals surface area contributed by atoms with Crippen LogP contribution in [0.15, 0.2) is 57.7 Å². The number of esters is 1. The second kappa shape index (κ2) is 8.97. The van der Waals surface area contributed by atoms with E-state index in [1.54, 1.807) is 56.7 Å². The van der Waals surface area contributed by atoms with E-state index >= 15 is 0 Å². The third-order valence-corrected chi connectivity index (χ3v) is 4.98. The third-order valence-electron chi connectivity index (χ3n) is 4.98. The molecule has 164 valence electrons. The van der Waals surface area contributed by atoms with E-state index in [0.29, 0.717) is 40.7 Å². The van der Waals surface area contributed by atoms with Crippen LogP contribution in [-0.2, 0) is 16.1 Å². The van der Waals surface area contributed by atoms with Crippen molar-refractivity contribution < 1.29 is 28.3 Å². The summed E-state index contributed by atoms with van der Waals surface area (Å²) in [6.45, 7) is 4.01. The van der Waals surface area contributed by atoms with Gasteiger partial charge in [0.15, 0.2) is 17.2 Å². The van der Waals surface area contributed by atoms with Gasteiger partial charge in [-0.2, -0.15) is 0 Å². The van der Waals surface area contributed by atoms with E-state index in [0.717, 1.165) is 11.3 Å². The van der Waals surface area contributed by atoms with Crippen LogP contribution in [0.3, 0.4) is 0 Å². The summed E-state index contributed by atoms with van der Waals surface area (Å²) >= 11 is 0. The molecule has 0 N–H and O–H groups in total. The maximum absolute atomic E-state index is 12.3. The summed E-state index contributed by atoms with van der Waals surface area (Å²) in [5, 5.41) is 3.93. The minimum atomic E-state index is -0.527. The molecule has 0 fully saturated rings. The van der Waals surface area contributed by atoms with Gasteiger partial charge >= 0.3 is 5.97 Å². The Hall–Kier alpha value is -4.07. The van der Waals surface area contributed by atoms with Gasteiger partial charge in [-0.15, -0.1) is 0 Å². The lowest BCUT2D eigenvalue weighted by Gasteiger charge is -2.11. The molecule has 1 aliphatic heterocycles. The number of hydrogen-bond acceptors (Lipinski definition) is 8. The van der Waals surface area contributed by atoms with Crippen LogP contribution in [-0.4, -0.2) is 31.2 Å². The van der Waals surface area contributed by atoms with E-state index < -0.39 is 5.97 Å². The van der Waals surface area contributed by atoms with E-state index in [4.69, 9.17) is 23.5 Å². The zero-order valence-corrected chi connectivity index (χ0v) is 18.2. The second-order valence-corrected chi connectivity index (χ2v) is 7.07. The number of carbonyl (C=O) groups excluding carboxylic acids is 1.